The second-order valence-corrected chi connectivity index (χ2v) is 6.08. The van der Waals surface area contributed by atoms with Crippen LogP contribution >= 0.6 is 0 Å². The van der Waals surface area contributed by atoms with Gasteiger partial charge >= 0.3 is 12.1 Å². The molecule has 1 aliphatic heterocycles. The van der Waals surface area contributed by atoms with E-state index in [4.69, 9.17) is 9.84 Å². The molecular weight excluding hydrogens is 320 g/mol. The lowest BCUT2D eigenvalue weighted by Gasteiger charge is -2.16. The van der Waals surface area contributed by atoms with Gasteiger partial charge in [0, 0.05) is 6.42 Å². The van der Waals surface area contributed by atoms with Gasteiger partial charge in [0.2, 0.25) is 0 Å². The standard InChI is InChI=1S/C19H20N2O4/c1-13-9-15(7-8-17(22)23)10-16-11-21(20-18(13)16)19(24)25-12-14-5-3-2-4-6-14/h2-6,9-10,20H,7-8,11-12H2,1H3,(H,22,23). The van der Waals surface area contributed by atoms with Gasteiger partial charge in [-0.3, -0.25) is 10.2 Å². The molecule has 0 atom stereocenters. The monoisotopic (exact) mass is 340 g/mol. The van der Waals surface area contributed by atoms with Crippen molar-refractivity contribution < 1.29 is 19.4 Å². The number of carbonyl (C=O) groups excluding carboxylic acids is 1. The Hall–Kier alpha value is -3.02. The number of carboxylic acids is 1. The van der Waals surface area contributed by atoms with E-state index in [0.717, 1.165) is 27.9 Å². The fourth-order valence-electron chi connectivity index (χ4n) is 2.87. The molecule has 25 heavy (non-hydrogen) atoms. The summed E-state index contributed by atoms with van der Waals surface area (Å²) < 4.78 is 5.34. The molecule has 6 nitrogen and oxygen atoms in total. The van der Waals surface area contributed by atoms with Crippen molar-refractivity contribution in [1.29, 1.82) is 0 Å². The molecule has 0 radical (unpaired) electrons. The highest BCUT2D eigenvalue weighted by atomic mass is 16.6. The van der Waals surface area contributed by atoms with E-state index in [9.17, 15) is 9.59 Å². The third-order valence-corrected chi connectivity index (χ3v) is 4.11. The number of anilines is 1. The minimum Gasteiger partial charge on any atom is -0.481 e. The molecule has 0 saturated carbocycles. The molecule has 6 heteroatoms. The summed E-state index contributed by atoms with van der Waals surface area (Å²) in [5, 5.41) is 10.3. The van der Waals surface area contributed by atoms with Crippen molar-refractivity contribution in [3.8, 4) is 0 Å². The maximum atomic E-state index is 12.3. The second-order valence-electron chi connectivity index (χ2n) is 6.08. The number of carboxylic acid groups (broad SMARTS) is 1. The van der Waals surface area contributed by atoms with Crippen LogP contribution in [0.25, 0.3) is 0 Å². The lowest BCUT2D eigenvalue weighted by molar-refractivity contribution is -0.136. The average molecular weight is 340 g/mol. The van der Waals surface area contributed by atoms with Crippen molar-refractivity contribution >= 4 is 17.7 Å². The highest BCUT2D eigenvalue weighted by molar-refractivity contribution is 5.74. The Kier molecular flexibility index (Phi) is 4.88. The zero-order valence-corrected chi connectivity index (χ0v) is 14.0. The van der Waals surface area contributed by atoms with Crippen molar-refractivity contribution in [2.24, 2.45) is 0 Å². The van der Waals surface area contributed by atoms with E-state index in [1.807, 2.05) is 49.4 Å². The van der Waals surface area contributed by atoms with Crippen molar-refractivity contribution in [2.75, 3.05) is 5.43 Å². The maximum Gasteiger partial charge on any atom is 0.429 e. The van der Waals surface area contributed by atoms with Crippen LogP contribution in [0.3, 0.4) is 0 Å². The second kappa shape index (κ2) is 7.25. The van der Waals surface area contributed by atoms with E-state index in [1.54, 1.807) is 0 Å². The van der Waals surface area contributed by atoms with E-state index in [2.05, 4.69) is 5.43 Å². The minimum absolute atomic E-state index is 0.0918. The van der Waals surface area contributed by atoms with Gasteiger partial charge in [-0.1, -0.05) is 42.5 Å². The lowest BCUT2D eigenvalue weighted by Crippen LogP contribution is -2.31. The average Bonchev–Trinajstić information content (AvgIpc) is 3.03. The van der Waals surface area contributed by atoms with Crippen molar-refractivity contribution in [3.05, 3.63) is 64.7 Å². The number of fused-ring (bicyclic) bond motifs is 1. The van der Waals surface area contributed by atoms with Crippen LogP contribution in [0.1, 0.15) is 28.7 Å². The smallest absolute Gasteiger partial charge is 0.429 e. The van der Waals surface area contributed by atoms with Crippen LogP contribution in [-0.2, 0) is 29.1 Å². The first kappa shape index (κ1) is 16.8. The molecule has 0 saturated heterocycles. The third-order valence-electron chi connectivity index (χ3n) is 4.11. The number of hydrogen-bond donors (Lipinski definition) is 2. The van der Waals surface area contributed by atoms with Crippen molar-refractivity contribution in [3.63, 3.8) is 0 Å². The van der Waals surface area contributed by atoms with E-state index in [1.165, 1.54) is 5.01 Å². The molecule has 0 unspecified atom stereocenters. The summed E-state index contributed by atoms with van der Waals surface area (Å²) in [4.78, 5) is 23.0. The van der Waals surface area contributed by atoms with Crippen LogP contribution in [0.15, 0.2) is 42.5 Å². The zero-order chi connectivity index (χ0) is 17.8. The molecule has 130 valence electrons. The molecule has 1 heterocycles. The van der Waals surface area contributed by atoms with Gasteiger partial charge in [0.05, 0.1) is 12.2 Å². The quantitative estimate of drug-likeness (QED) is 0.871. The van der Waals surface area contributed by atoms with Gasteiger partial charge in [0.25, 0.3) is 0 Å². The van der Waals surface area contributed by atoms with Crippen LogP contribution in [-0.4, -0.2) is 22.2 Å². The molecule has 0 aliphatic carbocycles. The number of aryl methyl sites for hydroxylation is 2. The van der Waals surface area contributed by atoms with Crippen LogP contribution in [0.5, 0.6) is 0 Å². The first-order valence-corrected chi connectivity index (χ1v) is 8.12. The molecule has 0 aromatic heterocycles. The van der Waals surface area contributed by atoms with Crippen LogP contribution < -0.4 is 5.43 Å². The first-order chi connectivity index (χ1) is 12.0. The van der Waals surface area contributed by atoms with Gasteiger partial charge in [0.1, 0.15) is 6.61 Å². The highest BCUT2D eigenvalue weighted by Crippen LogP contribution is 2.31. The van der Waals surface area contributed by atoms with E-state index < -0.39 is 12.1 Å². The molecule has 1 aliphatic rings. The van der Waals surface area contributed by atoms with Crippen LogP contribution in [0.2, 0.25) is 0 Å². The van der Waals surface area contributed by atoms with Crippen molar-refractivity contribution in [1.82, 2.24) is 5.01 Å². The summed E-state index contributed by atoms with van der Waals surface area (Å²) in [7, 11) is 0. The Morgan fingerprint density at radius 3 is 2.68 bits per heavy atom. The van der Waals surface area contributed by atoms with Gasteiger partial charge < -0.3 is 9.84 Å². The zero-order valence-electron chi connectivity index (χ0n) is 14.0. The molecule has 2 aromatic carbocycles. The number of rotatable bonds is 5. The number of amides is 1. The Morgan fingerprint density at radius 1 is 1.20 bits per heavy atom. The molecule has 0 fully saturated rings. The normalized spacial score (nSPS) is 12.4. The molecule has 2 N–H and O–H groups in total. The Bertz CT molecular complexity index is 790. The van der Waals surface area contributed by atoms with E-state index in [0.29, 0.717) is 13.0 Å². The number of benzene rings is 2. The summed E-state index contributed by atoms with van der Waals surface area (Å²) in [6.07, 6.45) is 0.127. The van der Waals surface area contributed by atoms with Gasteiger partial charge in [-0.15, -0.1) is 0 Å². The number of nitrogens with zero attached hydrogens (tertiary/aromatic N) is 1. The fraction of sp³-hybridized carbons (Fsp3) is 0.263. The number of hydrogen-bond acceptors (Lipinski definition) is 4. The first-order valence-electron chi connectivity index (χ1n) is 8.12. The number of carbonyl (C=O) groups is 2. The number of nitrogens with one attached hydrogen (secondary N) is 1. The van der Waals surface area contributed by atoms with Gasteiger partial charge in [-0.2, -0.15) is 0 Å². The summed E-state index contributed by atoms with van der Waals surface area (Å²) in [6.45, 7) is 2.55. The van der Waals surface area contributed by atoms with Crippen LogP contribution in [0.4, 0.5) is 10.5 Å². The van der Waals surface area contributed by atoms with Gasteiger partial charge in [0.15, 0.2) is 0 Å². The number of hydrazine groups is 1. The van der Waals surface area contributed by atoms with Gasteiger partial charge in [-0.05, 0) is 35.6 Å². The predicted molar refractivity (Wildman–Crippen MR) is 92.9 cm³/mol. The molecule has 2 aromatic rings. The highest BCUT2D eigenvalue weighted by Gasteiger charge is 2.26. The molecular formula is C19H20N2O4. The van der Waals surface area contributed by atoms with Crippen LogP contribution in [0, 0.1) is 6.92 Å². The SMILES string of the molecule is Cc1cc(CCC(=O)O)cc2c1NN(C(=O)OCc1ccccc1)C2. The van der Waals surface area contributed by atoms with Gasteiger partial charge in [-0.25, -0.2) is 9.80 Å². The fourth-order valence-corrected chi connectivity index (χ4v) is 2.87. The Morgan fingerprint density at radius 2 is 1.96 bits per heavy atom. The molecule has 0 spiro atoms. The van der Waals surface area contributed by atoms with Crippen molar-refractivity contribution in [2.45, 2.75) is 32.9 Å². The summed E-state index contributed by atoms with van der Waals surface area (Å²) in [6, 6.07) is 13.4. The Labute approximate surface area is 146 Å². The van der Waals surface area contributed by atoms with E-state index in [-0.39, 0.29) is 13.0 Å². The van der Waals surface area contributed by atoms with E-state index >= 15 is 0 Å². The predicted octanol–water partition coefficient (Wildman–Crippen LogP) is 3.49. The maximum absolute atomic E-state index is 12.3. The summed E-state index contributed by atoms with van der Waals surface area (Å²) >= 11 is 0. The minimum atomic E-state index is -0.817. The largest absolute Gasteiger partial charge is 0.481 e. The lowest BCUT2D eigenvalue weighted by atomic mass is 10.0. The topological polar surface area (TPSA) is 78.9 Å². The summed E-state index contributed by atoms with van der Waals surface area (Å²) in [5.74, 6) is -0.817. The summed E-state index contributed by atoms with van der Waals surface area (Å²) in [5.41, 5.74) is 7.80. The Balaban J connectivity index is 1.63. The number of ether oxygens (including phenoxy) is 1. The molecule has 1 amide bonds. The molecule has 3 rings (SSSR count). The third kappa shape index (κ3) is 4.09. The molecule has 0 bridgehead atoms. The number of aliphatic carboxylic acids is 1.